The van der Waals surface area contributed by atoms with Gasteiger partial charge in [-0.3, -0.25) is 10.0 Å². The van der Waals surface area contributed by atoms with Gasteiger partial charge in [0.05, 0.1) is 13.2 Å². The summed E-state index contributed by atoms with van der Waals surface area (Å²) in [5.74, 6) is -0.352. The maximum Gasteiger partial charge on any atom is 0.433 e. The summed E-state index contributed by atoms with van der Waals surface area (Å²) in [7, 11) is 0. The molecule has 0 spiro atoms. The lowest BCUT2D eigenvalue weighted by molar-refractivity contribution is -0.142. The fourth-order valence-corrected chi connectivity index (χ4v) is 1.64. The van der Waals surface area contributed by atoms with Gasteiger partial charge in [0.15, 0.2) is 0 Å². The first kappa shape index (κ1) is 16.0. The molecule has 0 aliphatic carbocycles. The van der Waals surface area contributed by atoms with Crippen molar-refractivity contribution in [2.24, 2.45) is 0 Å². The topological polar surface area (TPSA) is 76.1 Å². The van der Waals surface area contributed by atoms with E-state index in [0.717, 1.165) is 11.1 Å². The van der Waals surface area contributed by atoms with Gasteiger partial charge < -0.3 is 9.47 Å². The second kappa shape index (κ2) is 8.16. The van der Waals surface area contributed by atoms with Crippen LogP contribution in [0.5, 0.6) is 0 Å². The van der Waals surface area contributed by atoms with Gasteiger partial charge >= 0.3 is 12.1 Å². The average Bonchev–Trinajstić information content (AvgIpc) is 2.43. The van der Waals surface area contributed by atoms with E-state index in [1.165, 1.54) is 6.92 Å². The monoisotopic (exact) mass is 281 g/mol. The van der Waals surface area contributed by atoms with E-state index in [-0.39, 0.29) is 25.7 Å². The van der Waals surface area contributed by atoms with Gasteiger partial charge in [-0.2, -0.15) is 5.06 Å². The van der Waals surface area contributed by atoms with Crippen molar-refractivity contribution in [2.45, 2.75) is 26.9 Å². The Morgan fingerprint density at radius 3 is 2.45 bits per heavy atom. The van der Waals surface area contributed by atoms with Crippen LogP contribution in [0.1, 0.15) is 25.0 Å². The van der Waals surface area contributed by atoms with Crippen LogP contribution in [-0.2, 0) is 27.3 Å². The molecule has 0 aromatic heterocycles. The van der Waals surface area contributed by atoms with Crippen LogP contribution >= 0.6 is 0 Å². The fourth-order valence-electron chi connectivity index (χ4n) is 1.64. The van der Waals surface area contributed by atoms with Gasteiger partial charge in [-0.1, -0.05) is 24.3 Å². The smallest absolute Gasteiger partial charge is 0.433 e. The van der Waals surface area contributed by atoms with Crippen molar-refractivity contribution in [1.82, 2.24) is 5.06 Å². The Balaban J connectivity index is 2.58. The van der Waals surface area contributed by atoms with Crippen molar-refractivity contribution in [3.8, 4) is 0 Å². The molecule has 0 fully saturated rings. The van der Waals surface area contributed by atoms with E-state index in [9.17, 15) is 14.8 Å². The average molecular weight is 281 g/mol. The minimum atomic E-state index is -0.773. The third-order valence-corrected chi connectivity index (χ3v) is 2.62. The summed E-state index contributed by atoms with van der Waals surface area (Å²) in [6.07, 6.45) is -0.336. The van der Waals surface area contributed by atoms with Crippen LogP contribution in [0.4, 0.5) is 4.79 Å². The molecule has 1 amide bonds. The van der Waals surface area contributed by atoms with Crippen LogP contribution in [0, 0.1) is 0 Å². The quantitative estimate of drug-likeness (QED) is 0.491. The van der Waals surface area contributed by atoms with Gasteiger partial charge in [0.1, 0.15) is 6.61 Å². The number of hydrogen-bond donors (Lipinski definition) is 1. The normalized spacial score (nSPS) is 9.95. The zero-order valence-corrected chi connectivity index (χ0v) is 11.7. The summed E-state index contributed by atoms with van der Waals surface area (Å²) < 4.78 is 9.62. The molecule has 0 aliphatic rings. The molecule has 1 aromatic rings. The second-order valence-corrected chi connectivity index (χ2v) is 4.12. The highest BCUT2D eigenvalue weighted by Crippen LogP contribution is 2.11. The molecule has 0 bridgehead atoms. The van der Waals surface area contributed by atoms with E-state index >= 15 is 0 Å². The van der Waals surface area contributed by atoms with Gasteiger partial charge in [0, 0.05) is 6.92 Å². The number of hydrogen-bond acceptors (Lipinski definition) is 5. The van der Waals surface area contributed by atoms with Crippen molar-refractivity contribution < 1.29 is 24.3 Å². The first-order valence-electron chi connectivity index (χ1n) is 6.38. The van der Waals surface area contributed by atoms with Gasteiger partial charge in [0.25, 0.3) is 0 Å². The number of rotatable bonds is 6. The minimum absolute atomic E-state index is 0.107. The van der Waals surface area contributed by atoms with E-state index in [1.807, 2.05) is 24.3 Å². The molecular weight excluding hydrogens is 262 g/mol. The Labute approximate surface area is 117 Å². The number of nitrogens with zero attached hydrogens (tertiary/aromatic N) is 1. The molecular formula is C14H19NO5. The van der Waals surface area contributed by atoms with E-state index in [2.05, 4.69) is 4.74 Å². The Kier molecular flexibility index (Phi) is 6.52. The minimum Gasteiger partial charge on any atom is -0.461 e. The number of ether oxygens (including phenoxy) is 2. The van der Waals surface area contributed by atoms with E-state index in [0.29, 0.717) is 11.5 Å². The molecule has 0 heterocycles. The molecule has 6 heteroatoms. The third kappa shape index (κ3) is 5.27. The molecule has 1 aromatic carbocycles. The molecule has 20 heavy (non-hydrogen) atoms. The molecule has 0 unspecified atom stereocenters. The molecule has 1 N–H and O–H groups in total. The SMILES string of the molecule is CCOC(=O)N(O)CCc1ccccc1COC(C)=O. The summed E-state index contributed by atoms with van der Waals surface area (Å²) in [4.78, 5) is 22.1. The van der Waals surface area contributed by atoms with Crippen molar-refractivity contribution in [3.63, 3.8) is 0 Å². The standard InChI is InChI=1S/C14H19NO5/c1-3-19-14(17)15(18)9-8-12-6-4-5-7-13(12)10-20-11(2)16/h4-7,18H,3,8-10H2,1-2H3. The fraction of sp³-hybridized carbons (Fsp3) is 0.429. The summed E-state index contributed by atoms with van der Waals surface area (Å²) in [6.45, 7) is 3.50. The third-order valence-electron chi connectivity index (χ3n) is 2.62. The zero-order chi connectivity index (χ0) is 15.0. The summed E-state index contributed by atoms with van der Waals surface area (Å²) in [5, 5.41) is 10.0. The number of carbonyl (C=O) groups excluding carboxylic acids is 2. The van der Waals surface area contributed by atoms with E-state index < -0.39 is 6.09 Å². The molecule has 0 saturated carbocycles. The molecule has 6 nitrogen and oxygen atoms in total. The van der Waals surface area contributed by atoms with Crippen LogP contribution in [0.2, 0.25) is 0 Å². The molecule has 0 aliphatic heterocycles. The largest absolute Gasteiger partial charge is 0.461 e. The zero-order valence-electron chi connectivity index (χ0n) is 11.7. The molecule has 0 atom stereocenters. The van der Waals surface area contributed by atoms with Crippen LogP contribution in [-0.4, -0.2) is 35.5 Å². The lowest BCUT2D eigenvalue weighted by Gasteiger charge is -2.15. The Morgan fingerprint density at radius 1 is 1.20 bits per heavy atom. The first-order chi connectivity index (χ1) is 9.54. The lowest BCUT2D eigenvalue weighted by Crippen LogP contribution is -2.30. The van der Waals surface area contributed by atoms with Crippen LogP contribution in [0.3, 0.4) is 0 Å². The van der Waals surface area contributed by atoms with Gasteiger partial charge in [-0.15, -0.1) is 0 Å². The highest BCUT2D eigenvalue weighted by atomic mass is 16.6. The highest BCUT2D eigenvalue weighted by molar-refractivity contribution is 5.66. The number of esters is 1. The van der Waals surface area contributed by atoms with Gasteiger partial charge in [-0.25, -0.2) is 4.79 Å². The Hall–Kier alpha value is -2.08. The first-order valence-corrected chi connectivity index (χ1v) is 6.38. The van der Waals surface area contributed by atoms with Crippen molar-refractivity contribution in [1.29, 1.82) is 0 Å². The van der Waals surface area contributed by atoms with Crippen molar-refractivity contribution in [3.05, 3.63) is 35.4 Å². The van der Waals surface area contributed by atoms with E-state index in [1.54, 1.807) is 6.92 Å². The van der Waals surface area contributed by atoms with Crippen LogP contribution < -0.4 is 0 Å². The lowest BCUT2D eigenvalue weighted by atomic mass is 10.1. The molecule has 1 rings (SSSR count). The molecule has 0 radical (unpaired) electrons. The van der Waals surface area contributed by atoms with Crippen molar-refractivity contribution in [2.75, 3.05) is 13.2 Å². The summed E-state index contributed by atoms with van der Waals surface area (Å²) >= 11 is 0. The van der Waals surface area contributed by atoms with Crippen LogP contribution in [0.15, 0.2) is 24.3 Å². The van der Waals surface area contributed by atoms with Crippen molar-refractivity contribution >= 4 is 12.1 Å². The summed E-state index contributed by atoms with van der Waals surface area (Å²) in [5.41, 5.74) is 1.75. The van der Waals surface area contributed by atoms with E-state index in [4.69, 9.17) is 4.74 Å². The van der Waals surface area contributed by atoms with Gasteiger partial charge in [-0.05, 0) is 24.5 Å². The Bertz CT molecular complexity index is 461. The maximum absolute atomic E-state index is 11.2. The molecule has 0 saturated heterocycles. The number of benzene rings is 1. The highest BCUT2D eigenvalue weighted by Gasteiger charge is 2.12. The number of hydroxylamine groups is 2. The number of carbonyl (C=O) groups is 2. The predicted molar refractivity (Wildman–Crippen MR) is 71.1 cm³/mol. The van der Waals surface area contributed by atoms with Gasteiger partial charge in [0.2, 0.25) is 0 Å². The predicted octanol–water partition coefficient (Wildman–Crippen LogP) is 2.14. The second-order valence-electron chi connectivity index (χ2n) is 4.12. The summed E-state index contributed by atoms with van der Waals surface area (Å²) in [6, 6.07) is 7.38. The molecule has 110 valence electrons. The Morgan fingerprint density at radius 2 is 1.85 bits per heavy atom. The maximum atomic E-state index is 11.2. The number of amides is 1. The van der Waals surface area contributed by atoms with Crippen LogP contribution in [0.25, 0.3) is 0 Å².